The molecule has 6 nitrogen and oxygen atoms in total. The van der Waals surface area contributed by atoms with E-state index in [2.05, 4.69) is 32.9 Å². The van der Waals surface area contributed by atoms with Crippen LogP contribution >= 0.6 is 0 Å². The van der Waals surface area contributed by atoms with E-state index in [4.69, 9.17) is 14.2 Å². The van der Waals surface area contributed by atoms with Gasteiger partial charge in [0.1, 0.15) is 13.2 Å². The number of hydrogen-bond donors (Lipinski definition) is 0. The molecule has 0 saturated heterocycles. The van der Waals surface area contributed by atoms with Crippen molar-refractivity contribution in [2.75, 3.05) is 13.2 Å². The molecule has 444 valence electrons. The van der Waals surface area contributed by atoms with Gasteiger partial charge in [0.25, 0.3) is 0 Å². The lowest BCUT2D eigenvalue weighted by atomic mass is 10.0. The number of hydrogen-bond acceptors (Lipinski definition) is 6. The molecule has 75 heavy (non-hydrogen) atoms. The number of carbonyl (C=O) groups excluding carboxylic acids is 3. The number of esters is 3. The molecule has 0 heterocycles. The lowest BCUT2D eigenvalue weighted by molar-refractivity contribution is -0.167. The summed E-state index contributed by atoms with van der Waals surface area (Å²) >= 11 is 0. The van der Waals surface area contributed by atoms with Crippen molar-refractivity contribution in [3.8, 4) is 0 Å². The summed E-state index contributed by atoms with van der Waals surface area (Å²) in [5.41, 5.74) is 0. The monoisotopic (exact) mass is 1060 g/mol. The van der Waals surface area contributed by atoms with Gasteiger partial charge in [-0.3, -0.25) is 14.4 Å². The predicted octanol–water partition coefficient (Wildman–Crippen LogP) is 23.2. The fraction of sp³-hybridized carbons (Fsp3) is 0.928. The van der Waals surface area contributed by atoms with Crippen molar-refractivity contribution in [3.63, 3.8) is 0 Å². The van der Waals surface area contributed by atoms with Gasteiger partial charge < -0.3 is 14.2 Å². The summed E-state index contributed by atoms with van der Waals surface area (Å²) in [5, 5.41) is 0. The van der Waals surface area contributed by atoms with Crippen LogP contribution in [0.25, 0.3) is 0 Å². The van der Waals surface area contributed by atoms with E-state index < -0.39 is 6.10 Å². The minimum absolute atomic E-state index is 0.0637. The van der Waals surface area contributed by atoms with E-state index in [0.717, 1.165) is 57.8 Å². The number of rotatable bonds is 64. The highest BCUT2D eigenvalue weighted by atomic mass is 16.6. The van der Waals surface area contributed by atoms with E-state index in [9.17, 15) is 14.4 Å². The Morgan fingerprint density at radius 3 is 0.667 bits per heavy atom. The van der Waals surface area contributed by atoms with Gasteiger partial charge in [-0.25, -0.2) is 0 Å². The third kappa shape index (κ3) is 62.9. The van der Waals surface area contributed by atoms with Crippen LogP contribution in [-0.2, 0) is 28.6 Å². The van der Waals surface area contributed by atoms with Crippen LogP contribution in [0.2, 0.25) is 0 Å². The normalized spacial score (nSPS) is 12.0. The zero-order valence-corrected chi connectivity index (χ0v) is 51.1. The SMILES string of the molecule is CCCCCCCCCC/C=C\CCCCCCCCCCCCCCCC(=O)OCC(COC(=O)CCCCCCCCCC)OC(=O)CCCCCCCCCCCCCCCCCCCCCCCCCC. The maximum atomic E-state index is 12.9. The van der Waals surface area contributed by atoms with Crippen LogP contribution in [-0.4, -0.2) is 37.2 Å². The van der Waals surface area contributed by atoms with Crippen LogP contribution in [0.3, 0.4) is 0 Å². The van der Waals surface area contributed by atoms with Crippen LogP contribution in [0, 0.1) is 0 Å². The van der Waals surface area contributed by atoms with Gasteiger partial charge in [0.05, 0.1) is 0 Å². The molecule has 1 unspecified atom stereocenters. The molecule has 0 spiro atoms. The first-order valence-corrected chi connectivity index (χ1v) is 34.2. The predicted molar refractivity (Wildman–Crippen MR) is 326 cm³/mol. The van der Waals surface area contributed by atoms with Gasteiger partial charge in [-0.1, -0.05) is 341 Å². The van der Waals surface area contributed by atoms with Crippen LogP contribution in [0.5, 0.6) is 0 Å². The van der Waals surface area contributed by atoms with E-state index in [0.29, 0.717) is 19.3 Å². The average molecular weight is 1060 g/mol. The van der Waals surface area contributed by atoms with E-state index in [-0.39, 0.29) is 31.1 Å². The minimum Gasteiger partial charge on any atom is -0.462 e. The smallest absolute Gasteiger partial charge is 0.306 e. The summed E-state index contributed by atoms with van der Waals surface area (Å²) in [6.45, 7) is 6.69. The maximum absolute atomic E-state index is 12.9. The van der Waals surface area contributed by atoms with Gasteiger partial charge in [0.2, 0.25) is 0 Å². The van der Waals surface area contributed by atoms with Crippen molar-refractivity contribution < 1.29 is 28.6 Å². The molecule has 0 N–H and O–H groups in total. The van der Waals surface area contributed by atoms with Crippen LogP contribution in [0.4, 0.5) is 0 Å². The molecule has 6 heteroatoms. The second-order valence-electron chi connectivity index (χ2n) is 23.5. The zero-order chi connectivity index (χ0) is 54.3. The molecular weight excluding hydrogens is 925 g/mol. The first-order valence-electron chi connectivity index (χ1n) is 34.2. The van der Waals surface area contributed by atoms with Gasteiger partial charge >= 0.3 is 17.9 Å². The Hall–Kier alpha value is -1.85. The molecule has 0 aliphatic carbocycles. The minimum atomic E-state index is -0.764. The topological polar surface area (TPSA) is 78.9 Å². The summed E-state index contributed by atoms with van der Waals surface area (Å²) in [5.74, 6) is -0.837. The third-order valence-electron chi connectivity index (χ3n) is 15.8. The quantitative estimate of drug-likeness (QED) is 0.0261. The van der Waals surface area contributed by atoms with E-state index >= 15 is 0 Å². The number of allylic oxidation sites excluding steroid dienone is 2. The van der Waals surface area contributed by atoms with Crippen molar-refractivity contribution in [1.29, 1.82) is 0 Å². The van der Waals surface area contributed by atoms with Crippen molar-refractivity contribution in [3.05, 3.63) is 12.2 Å². The number of carbonyl (C=O) groups is 3. The highest BCUT2D eigenvalue weighted by Gasteiger charge is 2.19. The van der Waals surface area contributed by atoms with Gasteiger partial charge in [-0.2, -0.15) is 0 Å². The summed E-state index contributed by atoms with van der Waals surface area (Å²) in [7, 11) is 0. The molecule has 0 aromatic heterocycles. The van der Waals surface area contributed by atoms with Gasteiger partial charge in [0.15, 0.2) is 6.10 Å². The number of unbranched alkanes of at least 4 members (excludes halogenated alkanes) is 51. The maximum Gasteiger partial charge on any atom is 0.306 e. The average Bonchev–Trinajstić information content (AvgIpc) is 3.41. The zero-order valence-electron chi connectivity index (χ0n) is 51.1. The Morgan fingerprint density at radius 2 is 0.440 bits per heavy atom. The first-order chi connectivity index (χ1) is 37.0. The van der Waals surface area contributed by atoms with Crippen molar-refractivity contribution in [2.24, 2.45) is 0 Å². The molecule has 0 radical (unpaired) electrons. The van der Waals surface area contributed by atoms with Crippen molar-refractivity contribution in [1.82, 2.24) is 0 Å². The van der Waals surface area contributed by atoms with Crippen molar-refractivity contribution in [2.45, 2.75) is 399 Å². The summed E-state index contributed by atoms with van der Waals surface area (Å²) < 4.78 is 16.9. The first kappa shape index (κ1) is 73.2. The lowest BCUT2D eigenvalue weighted by Gasteiger charge is -2.18. The van der Waals surface area contributed by atoms with E-state index in [1.165, 1.54) is 295 Å². The molecule has 0 amide bonds. The molecule has 0 rings (SSSR count). The summed E-state index contributed by atoms with van der Waals surface area (Å²) in [4.78, 5) is 38.2. The second-order valence-corrected chi connectivity index (χ2v) is 23.5. The third-order valence-corrected chi connectivity index (χ3v) is 15.8. The summed E-state index contributed by atoms with van der Waals surface area (Å²) in [6, 6.07) is 0. The molecular formula is C69H132O6. The molecule has 0 aliphatic rings. The fourth-order valence-corrected chi connectivity index (χ4v) is 10.6. The molecule has 0 aromatic rings. The van der Waals surface area contributed by atoms with Crippen molar-refractivity contribution >= 4 is 17.9 Å². The van der Waals surface area contributed by atoms with Gasteiger partial charge in [0, 0.05) is 19.3 Å². The van der Waals surface area contributed by atoms with Crippen LogP contribution in [0.15, 0.2) is 12.2 Å². The summed E-state index contributed by atoms with van der Waals surface area (Å²) in [6.07, 6.45) is 76.9. The molecule has 1 atom stereocenters. The highest BCUT2D eigenvalue weighted by Crippen LogP contribution is 2.19. The Morgan fingerprint density at radius 1 is 0.253 bits per heavy atom. The Bertz CT molecular complexity index is 1170. The Balaban J connectivity index is 4.07. The van der Waals surface area contributed by atoms with E-state index in [1.807, 2.05) is 0 Å². The molecule has 0 aromatic carbocycles. The Kier molecular flexibility index (Phi) is 63.1. The molecule has 0 bridgehead atoms. The van der Waals surface area contributed by atoms with Gasteiger partial charge in [-0.05, 0) is 44.9 Å². The highest BCUT2D eigenvalue weighted by molar-refractivity contribution is 5.71. The molecule has 0 aliphatic heterocycles. The Labute approximate surface area is 469 Å². The molecule has 0 saturated carbocycles. The molecule has 0 fully saturated rings. The standard InChI is InChI=1S/C69H132O6/c1-4-7-10-13-16-19-21-23-25-27-29-31-33-35-37-38-40-42-44-46-48-50-53-56-59-62-68(71)74-65-66(64-73-67(70)61-58-55-52-18-15-12-9-6-3)75-69(72)63-60-57-54-51-49-47-45-43-41-39-36-34-32-30-28-26-24-22-20-17-14-11-8-5-2/h27,29,66H,4-26,28,30-65H2,1-3H3/b29-27-. The van der Waals surface area contributed by atoms with Crippen LogP contribution in [0.1, 0.15) is 393 Å². The largest absolute Gasteiger partial charge is 0.462 e. The van der Waals surface area contributed by atoms with Crippen LogP contribution < -0.4 is 0 Å². The lowest BCUT2D eigenvalue weighted by Crippen LogP contribution is -2.30. The van der Waals surface area contributed by atoms with Gasteiger partial charge in [-0.15, -0.1) is 0 Å². The van der Waals surface area contributed by atoms with E-state index in [1.54, 1.807) is 0 Å². The number of ether oxygens (including phenoxy) is 3. The fourth-order valence-electron chi connectivity index (χ4n) is 10.6. The second kappa shape index (κ2) is 64.7.